The summed E-state index contributed by atoms with van der Waals surface area (Å²) in [5, 5.41) is 0.744. The van der Waals surface area contributed by atoms with E-state index in [0.29, 0.717) is 6.54 Å². The van der Waals surface area contributed by atoms with Crippen LogP contribution in [0, 0.1) is 0 Å². The normalized spacial score (nSPS) is 12.0. The molecular formula is C17H29ClN2O. The van der Waals surface area contributed by atoms with Gasteiger partial charge in [0, 0.05) is 29.2 Å². The Labute approximate surface area is 134 Å². The lowest BCUT2D eigenvalue weighted by atomic mass is 9.89. The molecule has 1 aromatic carbocycles. The summed E-state index contributed by atoms with van der Waals surface area (Å²) in [6, 6.07) is 5.79. The molecule has 0 fully saturated rings. The summed E-state index contributed by atoms with van der Waals surface area (Å²) in [6.07, 6.45) is 3.19. The molecule has 21 heavy (non-hydrogen) atoms. The van der Waals surface area contributed by atoms with E-state index >= 15 is 0 Å². The Morgan fingerprint density at radius 2 is 1.90 bits per heavy atom. The number of ether oxygens (including phenoxy) is 1. The van der Waals surface area contributed by atoms with Crippen LogP contribution in [-0.4, -0.2) is 30.6 Å². The quantitative estimate of drug-likeness (QED) is 0.746. The molecule has 2 N–H and O–H groups in total. The number of methoxy groups -OCH3 is 1. The van der Waals surface area contributed by atoms with E-state index in [4.69, 9.17) is 22.1 Å². The van der Waals surface area contributed by atoms with Crippen molar-refractivity contribution in [2.24, 2.45) is 5.73 Å². The Kier molecular flexibility index (Phi) is 7.50. The second kappa shape index (κ2) is 8.62. The van der Waals surface area contributed by atoms with Gasteiger partial charge in [0.1, 0.15) is 5.75 Å². The first kappa shape index (κ1) is 18.3. The van der Waals surface area contributed by atoms with E-state index in [0.717, 1.165) is 48.7 Å². The van der Waals surface area contributed by atoms with Crippen LogP contribution in [0.15, 0.2) is 18.2 Å². The highest BCUT2D eigenvalue weighted by Gasteiger charge is 2.32. The van der Waals surface area contributed by atoms with Crippen LogP contribution in [0.25, 0.3) is 0 Å². The molecule has 1 rings (SSSR count). The van der Waals surface area contributed by atoms with E-state index in [-0.39, 0.29) is 5.54 Å². The molecule has 120 valence electrons. The Morgan fingerprint density at radius 3 is 2.38 bits per heavy atom. The van der Waals surface area contributed by atoms with Crippen molar-refractivity contribution >= 4 is 11.6 Å². The molecule has 0 heterocycles. The molecule has 1 aromatic rings. The zero-order chi connectivity index (χ0) is 15.9. The van der Waals surface area contributed by atoms with Crippen LogP contribution >= 0.6 is 11.6 Å². The smallest absolute Gasteiger partial charge is 0.123 e. The van der Waals surface area contributed by atoms with E-state index in [1.54, 1.807) is 7.11 Å². The minimum absolute atomic E-state index is 0.0450. The predicted octanol–water partition coefficient (Wildman–Crippen LogP) is 4.08. The van der Waals surface area contributed by atoms with E-state index in [9.17, 15) is 0 Å². The van der Waals surface area contributed by atoms with Gasteiger partial charge in [-0.2, -0.15) is 0 Å². The summed E-state index contributed by atoms with van der Waals surface area (Å²) >= 11 is 6.15. The summed E-state index contributed by atoms with van der Waals surface area (Å²) in [5.41, 5.74) is 7.28. The maximum Gasteiger partial charge on any atom is 0.123 e. The summed E-state index contributed by atoms with van der Waals surface area (Å²) in [4.78, 5) is 2.49. The zero-order valence-corrected chi connectivity index (χ0v) is 14.5. The van der Waals surface area contributed by atoms with Crippen molar-refractivity contribution in [1.29, 1.82) is 0 Å². The molecule has 0 saturated heterocycles. The molecule has 0 unspecified atom stereocenters. The van der Waals surface area contributed by atoms with E-state index in [1.165, 1.54) is 0 Å². The average Bonchev–Trinajstić information content (AvgIpc) is 2.50. The zero-order valence-electron chi connectivity index (χ0n) is 13.8. The van der Waals surface area contributed by atoms with E-state index < -0.39 is 0 Å². The molecule has 0 radical (unpaired) electrons. The van der Waals surface area contributed by atoms with Crippen LogP contribution in [0.5, 0.6) is 5.75 Å². The van der Waals surface area contributed by atoms with E-state index in [2.05, 4.69) is 25.7 Å². The fraction of sp³-hybridized carbons (Fsp3) is 0.647. The summed E-state index contributed by atoms with van der Waals surface area (Å²) in [5.74, 6) is 0.888. The summed E-state index contributed by atoms with van der Waals surface area (Å²) < 4.78 is 5.48. The number of nitrogens with zero attached hydrogens (tertiary/aromatic N) is 1. The van der Waals surface area contributed by atoms with Crippen LogP contribution in [0.4, 0.5) is 0 Å². The monoisotopic (exact) mass is 312 g/mol. The van der Waals surface area contributed by atoms with Gasteiger partial charge in [-0.15, -0.1) is 0 Å². The van der Waals surface area contributed by atoms with Crippen LogP contribution in [-0.2, 0) is 6.54 Å². The number of nitrogens with two attached hydrogens (primary N) is 1. The van der Waals surface area contributed by atoms with Gasteiger partial charge in [-0.1, -0.05) is 32.4 Å². The first-order valence-corrected chi connectivity index (χ1v) is 8.22. The van der Waals surface area contributed by atoms with Gasteiger partial charge >= 0.3 is 0 Å². The van der Waals surface area contributed by atoms with Crippen LogP contribution in [0.1, 0.15) is 45.6 Å². The number of halogens is 1. The van der Waals surface area contributed by atoms with Gasteiger partial charge in [0.2, 0.25) is 0 Å². The van der Waals surface area contributed by atoms with Crippen molar-refractivity contribution in [1.82, 2.24) is 4.90 Å². The van der Waals surface area contributed by atoms with Gasteiger partial charge in [0.25, 0.3) is 0 Å². The first-order chi connectivity index (χ1) is 10.1. The molecule has 0 aliphatic rings. The molecule has 0 aliphatic heterocycles. The molecule has 3 nitrogen and oxygen atoms in total. The van der Waals surface area contributed by atoms with Crippen molar-refractivity contribution in [2.45, 2.75) is 52.1 Å². The SMILES string of the molecule is CCCN(Cc1cc(Cl)ccc1OC)C(CC)(CC)CN. The Bertz CT molecular complexity index is 425. The molecule has 0 spiro atoms. The molecule has 0 aromatic heterocycles. The molecular weight excluding hydrogens is 284 g/mol. The third-order valence-electron chi connectivity index (χ3n) is 4.46. The lowest BCUT2D eigenvalue weighted by Gasteiger charge is -2.43. The Morgan fingerprint density at radius 1 is 1.24 bits per heavy atom. The second-order valence-electron chi connectivity index (χ2n) is 5.51. The van der Waals surface area contributed by atoms with Gasteiger partial charge in [0.15, 0.2) is 0 Å². The third-order valence-corrected chi connectivity index (χ3v) is 4.70. The Balaban J connectivity index is 3.10. The van der Waals surface area contributed by atoms with Crippen molar-refractivity contribution in [2.75, 3.05) is 20.2 Å². The fourth-order valence-corrected chi connectivity index (χ4v) is 3.14. The maximum atomic E-state index is 6.15. The number of benzene rings is 1. The summed E-state index contributed by atoms with van der Waals surface area (Å²) in [7, 11) is 1.70. The predicted molar refractivity (Wildman–Crippen MR) is 91.1 cm³/mol. The van der Waals surface area contributed by atoms with Crippen LogP contribution < -0.4 is 10.5 Å². The van der Waals surface area contributed by atoms with Crippen LogP contribution in [0.3, 0.4) is 0 Å². The van der Waals surface area contributed by atoms with Gasteiger partial charge in [0.05, 0.1) is 7.11 Å². The second-order valence-corrected chi connectivity index (χ2v) is 5.95. The van der Waals surface area contributed by atoms with Crippen molar-refractivity contribution in [3.05, 3.63) is 28.8 Å². The molecule has 0 amide bonds. The maximum absolute atomic E-state index is 6.15. The molecule has 0 atom stereocenters. The standard InChI is InChI=1S/C17H29ClN2O/c1-5-10-20(17(6-2,7-3)13-19)12-14-11-15(18)8-9-16(14)21-4/h8-9,11H,5-7,10,12-13,19H2,1-4H3. The molecule has 4 heteroatoms. The minimum atomic E-state index is 0.0450. The average molecular weight is 313 g/mol. The molecule has 0 aliphatic carbocycles. The van der Waals surface area contributed by atoms with Gasteiger partial charge in [-0.25, -0.2) is 0 Å². The topological polar surface area (TPSA) is 38.5 Å². The van der Waals surface area contributed by atoms with Gasteiger partial charge < -0.3 is 10.5 Å². The first-order valence-electron chi connectivity index (χ1n) is 7.84. The lowest BCUT2D eigenvalue weighted by molar-refractivity contribution is 0.0758. The number of hydrogen-bond acceptors (Lipinski definition) is 3. The summed E-state index contributed by atoms with van der Waals surface area (Å²) in [6.45, 7) is 9.14. The molecule has 0 bridgehead atoms. The third kappa shape index (κ3) is 4.35. The largest absolute Gasteiger partial charge is 0.496 e. The number of hydrogen-bond donors (Lipinski definition) is 1. The van der Waals surface area contributed by atoms with Gasteiger partial charge in [-0.3, -0.25) is 4.90 Å². The molecule has 0 saturated carbocycles. The highest BCUT2D eigenvalue weighted by Crippen LogP contribution is 2.30. The lowest BCUT2D eigenvalue weighted by Crippen LogP contribution is -2.53. The van der Waals surface area contributed by atoms with Crippen molar-refractivity contribution in [3.8, 4) is 5.75 Å². The number of rotatable bonds is 9. The van der Waals surface area contributed by atoms with Crippen molar-refractivity contribution < 1.29 is 4.74 Å². The van der Waals surface area contributed by atoms with E-state index in [1.807, 2.05) is 18.2 Å². The van der Waals surface area contributed by atoms with Crippen molar-refractivity contribution in [3.63, 3.8) is 0 Å². The van der Waals surface area contributed by atoms with Crippen LogP contribution in [0.2, 0.25) is 5.02 Å². The highest BCUT2D eigenvalue weighted by molar-refractivity contribution is 6.30. The fourth-order valence-electron chi connectivity index (χ4n) is 2.95. The Hall–Kier alpha value is -0.770. The van der Waals surface area contributed by atoms with Gasteiger partial charge in [-0.05, 0) is 44.0 Å². The highest BCUT2D eigenvalue weighted by atomic mass is 35.5. The minimum Gasteiger partial charge on any atom is -0.496 e.